The predicted octanol–water partition coefficient (Wildman–Crippen LogP) is 13.7. The monoisotopic (exact) mass is 1050 g/mol. The van der Waals surface area contributed by atoms with Crippen LogP contribution in [0.15, 0.2) is 168 Å². The number of benzene rings is 6. The van der Waals surface area contributed by atoms with E-state index in [1.807, 2.05) is 93.7 Å². The summed E-state index contributed by atoms with van der Waals surface area (Å²) in [4.78, 5) is 14.4. The fourth-order valence-corrected chi connectivity index (χ4v) is 10.8. The molecule has 0 spiro atoms. The zero-order valence-corrected chi connectivity index (χ0v) is 40.2. The molecule has 4 heterocycles. The van der Waals surface area contributed by atoms with Crippen molar-refractivity contribution in [2.24, 2.45) is 5.92 Å². The van der Waals surface area contributed by atoms with Crippen LogP contribution in [0.3, 0.4) is 0 Å². The van der Waals surface area contributed by atoms with Crippen LogP contribution in [0, 0.1) is 25.0 Å². The van der Waals surface area contributed by atoms with E-state index in [1.54, 1.807) is 0 Å². The van der Waals surface area contributed by atoms with Gasteiger partial charge in [-0.3, -0.25) is 4.98 Å². The third-order valence-electron chi connectivity index (χ3n) is 10.8. The van der Waals surface area contributed by atoms with Crippen molar-refractivity contribution >= 4 is 50.8 Å². The summed E-state index contributed by atoms with van der Waals surface area (Å²) in [6, 6.07) is 60.3. The zero-order chi connectivity index (χ0) is 43.9. The molecule has 6 aromatic carbocycles. The first-order valence-corrected chi connectivity index (χ1v) is 28.1. The third kappa shape index (κ3) is 8.74. The van der Waals surface area contributed by atoms with E-state index in [9.17, 15) is 0 Å². The molecule has 0 saturated carbocycles. The number of aryl methyl sites for hydroxylation is 1. The van der Waals surface area contributed by atoms with Crippen LogP contribution in [0.1, 0.15) is 27.8 Å². The predicted molar refractivity (Wildman–Crippen MR) is 256 cm³/mol. The van der Waals surface area contributed by atoms with Crippen LogP contribution >= 0.6 is 0 Å². The molecule has 0 saturated heterocycles. The molecular weight excluding hydrogens is 997 g/mol. The zero-order valence-electron chi connectivity index (χ0n) is 37.7. The van der Waals surface area contributed by atoms with Gasteiger partial charge in [0, 0.05) is 42.4 Å². The molecule has 0 bridgehead atoms. The molecule has 0 amide bonds. The molecule has 0 aliphatic heterocycles. The van der Waals surface area contributed by atoms with Crippen molar-refractivity contribution < 1.29 is 27.3 Å². The molecule has 62 heavy (non-hydrogen) atoms. The second-order valence-electron chi connectivity index (χ2n) is 16.7. The fourth-order valence-electron chi connectivity index (χ4n) is 7.89. The van der Waals surface area contributed by atoms with Crippen LogP contribution in [0.25, 0.3) is 83.7 Å². The summed E-state index contributed by atoms with van der Waals surface area (Å²) in [5.41, 5.74) is 13.1. The van der Waals surface area contributed by atoms with Gasteiger partial charge in [0.05, 0.1) is 22.4 Å². The molecule has 0 aliphatic carbocycles. The molecule has 5 nitrogen and oxygen atoms in total. The molecule has 0 aliphatic rings. The topological polar surface area (TPSA) is 56.7 Å². The van der Waals surface area contributed by atoms with E-state index in [1.165, 1.54) is 0 Å². The second kappa shape index (κ2) is 18.2. The van der Waals surface area contributed by atoms with Crippen molar-refractivity contribution in [2.75, 3.05) is 0 Å². The Morgan fingerprint density at radius 2 is 1.44 bits per heavy atom. The largest absolute Gasteiger partial charge is 0 e. The van der Waals surface area contributed by atoms with E-state index in [-0.39, 0.29) is 26.0 Å². The van der Waals surface area contributed by atoms with Gasteiger partial charge in [0.2, 0.25) is 5.71 Å². The van der Waals surface area contributed by atoms with E-state index in [0.717, 1.165) is 93.6 Å². The Labute approximate surface area is 383 Å². The molecule has 4 aromatic heterocycles. The molecule has 10 rings (SSSR count). The van der Waals surface area contributed by atoms with Gasteiger partial charge in [0.1, 0.15) is 0 Å². The van der Waals surface area contributed by atoms with Crippen molar-refractivity contribution in [3.05, 3.63) is 187 Å². The van der Waals surface area contributed by atoms with Gasteiger partial charge in [-0.2, -0.15) is 0 Å². The normalized spacial score (nSPS) is 12.2. The van der Waals surface area contributed by atoms with E-state index in [2.05, 4.69) is 135 Å². The van der Waals surface area contributed by atoms with Crippen LogP contribution in [0.5, 0.6) is 0 Å². The summed E-state index contributed by atoms with van der Waals surface area (Å²) >= 11 is -2.20. The maximum absolute atomic E-state index is 8.56. The first-order chi connectivity index (χ1) is 30.4. The molecule has 0 N–H and O–H groups in total. The number of hydrogen-bond acceptors (Lipinski definition) is 4. The van der Waals surface area contributed by atoms with E-state index >= 15 is 0 Å². The van der Waals surface area contributed by atoms with E-state index in [4.69, 9.17) is 12.1 Å². The van der Waals surface area contributed by atoms with Gasteiger partial charge < -0.3 is 8.98 Å². The molecule has 7 heteroatoms. The summed E-state index contributed by atoms with van der Waals surface area (Å²) in [6.07, 6.45) is 0.562. The Morgan fingerprint density at radius 3 is 2.16 bits per heavy atom. The number of rotatable bonds is 8. The smallest absolute Gasteiger partial charge is 0 e. The maximum Gasteiger partial charge on any atom is 0 e. The minimum absolute atomic E-state index is 0. The van der Waals surface area contributed by atoms with Crippen LogP contribution in [-0.4, -0.2) is 32.8 Å². The molecule has 0 fully saturated rings. The first kappa shape index (κ1) is 40.2. The minimum Gasteiger partial charge on any atom is 0 e. The Hall–Kier alpha value is -5.92. The number of aromatic nitrogens is 4. The van der Waals surface area contributed by atoms with Gasteiger partial charge in [0.15, 0.2) is 0 Å². The molecule has 309 valence electrons. The number of nitrogens with zero attached hydrogens (tertiary/aromatic N) is 4. The summed E-state index contributed by atoms with van der Waals surface area (Å²) in [6.45, 7) is 5.85. The summed E-state index contributed by atoms with van der Waals surface area (Å²) in [5, 5.41) is 1.99. The van der Waals surface area contributed by atoms with Gasteiger partial charge in [-0.25, -0.2) is 4.98 Å². The molecule has 10 aromatic rings. The van der Waals surface area contributed by atoms with Crippen molar-refractivity contribution in [3.8, 4) is 50.6 Å². The Bertz CT molecular complexity index is 3230. The Morgan fingerprint density at radius 1 is 0.710 bits per heavy atom. The SMILES string of the molecule is Cc1ccc2c(n1)oc1c(-c3nc4ccccc4n3-c3cc(-c4ccccc4)ccc3-c3ccccc3)[c-]ccc12.[2H]C([2H])(c1cc(-c2[c-]cccc2)nc[c]1[Ge]([CH3])([CH3])[CH3])C(C)C.[Ir]. The van der Waals surface area contributed by atoms with Crippen LogP contribution < -0.4 is 4.40 Å². The Balaban J connectivity index is 0.000000208. The number of pyridine rings is 2. The molecule has 0 atom stereocenters. The van der Waals surface area contributed by atoms with Gasteiger partial charge in [-0.15, -0.1) is 18.2 Å². The molecule has 1 radical (unpaired) electrons. The van der Waals surface area contributed by atoms with Crippen molar-refractivity contribution in [1.29, 1.82) is 0 Å². The van der Waals surface area contributed by atoms with Gasteiger partial charge in [-0.1, -0.05) is 95.9 Å². The Kier molecular flexibility index (Phi) is 11.8. The standard InChI is InChI=1S/C37H24N3O.C18H24GeN.Ir/c1-24-19-21-30-29-15-10-16-31(35(29)41-37(30)38-24)36-39-32-17-8-9-18-33(32)40(36)34-23-27(25-11-4-2-5-12-25)20-22-28(34)26-13-6-3-7-14-26;1-14(2)11-16-12-18(15-9-7-6-8-10-15)20-13-17(16)19(3,4)5;/h2-15,17-23H,1H3;6-9,12-14H,11H2,1-5H3;/q2*-1;/i;11D2;. The molecular formula is C55H48GeIrN4O-2. The maximum atomic E-state index is 8.56. The number of furan rings is 1. The van der Waals surface area contributed by atoms with Crippen LogP contribution in [0.2, 0.25) is 17.3 Å². The number of imidazole rings is 1. The quantitative estimate of drug-likeness (QED) is 0.112. The van der Waals surface area contributed by atoms with Crippen molar-refractivity contribution in [2.45, 2.75) is 44.4 Å². The second-order valence-corrected chi connectivity index (χ2v) is 27.2. The van der Waals surface area contributed by atoms with Gasteiger partial charge in [-0.05, 0) is 53.9 Å². The van der Waals surface area contributed by atoms with E-state index in [0.29, 0.717) is 5.71 Å². The van der Waals surface area contributed by atoms with E-state index < -0.39 is 19.6 Å². The van der Waals surface area contributed by atoms with Gasteiger partial charge >= 0.3 is 128 Å². The number of hydrogen-bond donors (Lipinski definition) is 0. The summed E-state index contributed by atoms with van der Waals surface area (Å²) in [7, 11) is 0. The summed E-state index contributed by atoms with van der Waals surface area (Å²) in [5.74, 6) is 7.54. The fraction of sp³-hybridized carbons (Fsp3) is 0.145. The van der Waals surface area contributed by atoms with Crippen molar-refractivity contribution in [3.63, 3.8) is 0 Å². The number of fused-ring (bicyclic) bond motifs is 4. The minimum atomic E-state index is -2.20. The first-order valence-electron chi connectivity index (χ1n) is 21.8. The molecule has 0 unspecified atom stereocenters. The third-order valence-corrected chi connectivity index (χ3v) is 15.0. The van der Waals surface area contributed by atoms with Gasteiger partial charge in [0.25, 0.3) is 0 Å². The number of para-hydroxylation sites is 2. The summed E-state index contributed by atoms with van der Waals surface area (Å²) < 4.78 is 26.9. The van der Waals surface area contributed by atoms with Crippen LogP contribution in [-0.2, 0) is 26.5 Å². The average Bonchev–Trinajstić information content (AvgIpc) is 3.88. The van der Waals surface area contributed by atoms with Crippen molar-refractivity contribution in [1.82, 2.24) is 19.5 Å². The van der Waals surface area contributed by atoms with Crippen LogP contribution in [0.4, 0.5) is 0 Å². The average molecular weight is 1050 g/mol.